The first kappa shape index (κ1) is 20.9. The van der Waals surface area contributed by atoms with Crippen LogP contribution in [-0.4, -0.2) is 36.6 Å². The van der Waals surface area contributed by atoms with Gasteiger partial charge in [0.15, 0.2) is 0 Å². The Kier molecular flexibility index (Phi) is 12.6. The van der Waals surface area contributed by atoms with Gasteiger partial charge in [-0.3, -0.25) is 9.59 Å². The zero-order chi connectivity index (χ0) is 16.8. The van der Waals surface area contributed by atoms with E-state index in [0.29, 0.717) is 0 Å². The Morgan fingerprint density at radius 1 is 1.00 bits per heavy atom. The summed E-state index contributed by atoms with van der Waals surface area (Å²) in [4.78, 5) is 32.8. The average molecular weight is 297 g/mol. The van der Waals surface area contributed by atoms with Crippen LogP contribution in [-0.2, 0) is 9.53 Å². The fourth-order valence-electron chi connectivity index (χ4n) is 1.09. The summed E-state index contributed by atoms with van der Waals surface area (Å²) in [6, 6.07) is 5.37. The fraction of sp³-hybridized carbons (Fsp3) is 0.400. The summed E-state index contributed by atoms with van der Waals surface area (Å²) in [7, 11) is 1.22. The molecule has 1 aromatic carbocycles. The van der Waals surface area contributed by atoms with E-state index >= 15 is 0 Å². The molecule has 0 saturated heterocycles. The molecule has 6 nitrogen and oxygen atoms in total. The highest BCUT2D eigenvalue weighted by atomic mass is 16.5. The van der Waals surface area contributed by atoms with E-state index in [1.54, 1.807) is 0 Å². The number of carboxylic acids is 1. The summed E-state index contributed by atoms with van der Waals surface area (Å²) in [6.07, 6.45) is 0. The molecule has 1 aromatic rings. The number of ether oxygens (including phenoxy) is 1. The molecule has 118 valence electrons. The molecule has 0 fully saturated rings. The van der Waals surface area contributed by atoms with Crippen LogP contribution in [0.4, 0.5) is 0 Å². The number of benzene rings is 1. The highest BCUT2D eigenvalue weighted by Gasteiger charge is 2.09. The SMILES string of the molecule is CC.CC.COC(=O)CNC(=O)c1ccc(C(=O)O)cc1. The lowest BCUT2D eigenvalue weighted by molar-refractivity contribution is -0.139. The Morgan fingerprint density at radius 3 is 1.81 bits per heavy atom. The van der Waals surface area contributed by atoms with Crippen LogP contribution in [0.5, 0.6) is 0 Å². The number of aromatic carboxylic acids is 1. The lowest BCUT2D eigenvalue weighted by Crippen LogP contribution is -2.30. The van der Waals surface area contributed by atoms with Gasteiger partial charge in [-0.05, 0) is 24.3 Å². The van der Waals surface area contributed by atoms with Crippen molar-refractivity contribution in [1.82, 2.24) is 5.32 Å². The highest BCUT2D eigenvalue weighted by Crippen LogP contribution is 2.04. The molecular formula is C15H23NO5. The molecule has 0 aliphatic heterocycles. The van der Waals surface area contributed by atoms with Crippen molar-refractivity contribution in [3.8, 4) is 0 Å². The minimum atomic E-state index is -1.06. The van der Waals surface area contributed by atoms with Gasteiger partial charge in [-0.2, -0.15) is 0 Å². The largest absolute Gasteiger partial charge is 0.478 e. The topological polar surface area (TPSA) is 92.7 Å². The molecule has 2 N–H and O–H groups in total. The van der Waals surface area contributed by atoms with Crippen LogP contribution < -0.4 is 5.32 Å². The highest BCUT2D eigenvalue weighted by molar-refractivity contribution is 5.97. The summed E-state index contributed by atoms with van der Waals surface area (Å²) in [5.41, 5.74) is 0.369. The molecule has 0 unspecified atom stereocenters. The number of carbonyl (C=O) groups excluding carboxylic acids is 2. The van der Waals surface area contributed by atoms with Gasteiger partial charge in [-0.15, -0.1) is 0 Å². The van der Waals surface area contributed by atoms with Crippen molar-refractivity contribution < 1.29 is 24.2 Å². The van der Waals surface area contributed by atoms with Gasteiger partial charge >= 0.3 is 11.9 Å². The molecular weight excluding hydrogens is 274 g/mol. The summed E-state index contributed by atoms with van der Waals surface area (Å²) in [5.74, 6) is -2.08. The van der Waals surface area contributed by atoms with E-state index in [0.717, 1.165) is 0 Å². The van der Waals surface area contributed by atoms with Crippen molar-refractivity contribution in [2.24, 2.45) is 0 Å². The number of esters is 1. The van der Waals surface area contributed by atoms with E-state index in [4.69, 9.17) is 5.11 Å². The summed E-state index contributed by atoms with van der Waals surface area (Å²) >= 11 is 0. The summed E-state index contributed by atoms with van der Waals surface area (Å²) in [5, 5.41) is 11.0. The number of hydrogen-bond donors (Lipinski definition) is 2. The number of hydrogen-bond acceptors (Lipinski definition) is 4. The molecule has 0 atom stereocenters. The van der Waals surface area contributed by atoms with E-state index in [1.165, 1.54) is 31.4 Å². The number of methoxy groups -OCH3 is 1. The minimum Gasteiger partial charge on any atom is -0.478 e. The zero-order valence-electron chi connectivity index (χ0n) is 13.1. The molecule has 0 heterocycles. The van der Waals surface area contributed by atoms with E-state index < -0.39 is 17.8 Å². The van der Waals surface area contributed by atoms with Gasteiger partial charge in [0.2, 0.25) is 0 Å². The lowest BCUT2D eigenvalue weighted by atomic mass is 10.1. The van der Waals surface area contributed by atoms with Gasteiger partial charge in [0.1, 0.15) is 6.54 Å². The molecule has 21 heavy (non-hydrogen) atoms. The second kappa shape index (κ2) is 12.7. The predicted molar refractivity (Wildman–Crippen MR) is 80.4 cm³/mol. The van der Waals surface area contributed by atoms with Crippen molar-refractivity contribution in [2.45, 2.75) is 27.7 Å². The van der Waals surface area contributed by atoms with E-state index in [9.17, 15) is 14.4 Å². The number of carbonyl (C=O) groups is 3. The monoisotopic (exact) mass is 297 g/mol. The van der Waals surface area contributed by atoms with Crippen LogP contribution >= 0.6 is 0 Å². The number of rotatable bonds is 4. The molecule has 0 saturated carbocycles. The van der Waals surface area contributed by atoms with Crippen molar-refractivity contribution in [2.75, 3.05) is 13.7 Å². The van der Waals surface area contributed by atoms with E-state index in [2.05, 4.69) is 10.1 Å². The lowest BCUT2D eigenvalue weighted by Gasteiger charge is -2.03. The van der Waals surface area contributed by atoms with Gasteiger partial charge in [-0.25, -0.2) is 4.79 Å². The van der Waals surface area contributed by atoms with Gasteiger partial charge < -0.3 is 15.2 Å². The Morgan fingerprint density at radius 2 is 1.43 bits per heavy atom. The van der Waals surface area contributed by atoms with Crippen molar-refractivity contribution in [3.05, 3.63) is 35.4 Å². The first-order valence-corrected chi connectivity index (χ1v) is 6.73. The summed E-state index contributed by atoms with van der Waals surface area (Å²) in [6.45, 7) is 7.77. The summed E-state index contributed by atoms with van der Waals surface area (Å²) < 4.78 is 4.36. The Bertz CT molecular complexity index is 440. The van der Waals surface area contributed by atoms with Crippen molar-refractivity contribution in [3.63, 3.8) is 0 Å². The Balaban J connectivity index is 0. The second-order valence-corrected chi connectivity index (χ2v) is 3.14. The average Bonchev–Trinajstić information content (AvgIpc) is 2.56. The van der Waals surface area contributed by atoms with Crippen LogP contribution in [0.2, 0.25) is 0 Å². The van der Waals surface area contributed by atoms with Crippen molar-refractivity contribution >= 4 is 17.8 Å². The maximum Gasteiger partial charge on any atom is 0.335 e. The third-order valence-corrected chi connectivity index (χ3v) is 2.01. The van der Waals surface area contributed by atoms with Gasteiger partial charge in [0.05, 0.1) is 12.7 Å². The Labute approximate surface area is 125 Å². The van der Waals surface area contributed by atoms with Gasteiger partial charge in [-0.1, -0.05) is 27.7 Å². The van der Waals surface area contributed by atoms with Crippen LogP contribution in [0.3, 0.4) is 0 Å². The molecule has 0 aliphatic rings. The molecule has 0 spiro atoms. The number of carboxylic acid groups (broad SMARTS) is 1. The van der Waals surface area contributed by atoms with Gasteiger partial charge in [0.25, 0.3) is 5.91 Å². The maximum atomic E-state index is 11.5. The van der Waals surface area contributed by atoms with E-state index in [1.807, 2.05) is 27.7 Å². The normalized spacial score (nSPS) is 8.24. The maximum absolute atomic E-state index is 11.5. The number of nitrogens with one attached hydrogen (secondary N) is 1. The second-order valence-electron chi connectivity index (χ2n) is 3.14. The third kappa shape index (κ3) is 8.41. The molecule has 0 aliphatic carbocycles. The molecule has 1 rings (SSSR count). The molecule has 0 bridgehead atoms. The fourth-order valence-corrected chi connectivity index (χ4v) is 1.09. The van der Waals surface area contributed by atoms with Crippen LogP contribution in [0, 0.1) is 0 Å². The van der Waals surface area contributed by atoms with E-state index in [-0.39, 0.29) is 17.7 Å². The van der Waals surface area contributed by atoms with Crippen LogP contribution in [0.25, 0.3) is 0 Å². The first-order valence-electron chi connectivity index (χ1n) is 6.73. The van der Waals surface area contributed by atoms with Crippen molar-refractivity contribution in [1.29, 1.82) is 0 Å². The minimum absolute atomic E-state index is 0.0921. The zero-order valence-corrected chi connectivity index (χ0v) is 13.1. The number of amides is 1. The third-order valence-electron chi connectivity index (χ3n) is 2.01. The molecule has 1 amide bonds. The molecule has 6 heteroatoms. The smallest absolute Gasteiger partial charge is 0.335 e. The van der Waals surface area contributed by atoms with Crippen LogP contribution in [0.1, 0.15) is 48.4 Å². The molecule has 0 aromatic heterocycles. The standard InChI is InChI=1S/C11H11NO5.2C2H6/c1-17-9(13)6-12-10(14)7-2-4-8(5-3-7)11(15)16;2*1-2/h2-5H,6H2,1H3,(H,12,14)(H,15,16);2*1-2H3. The quantitative estimate of drug-likeness (QED) is 0.832. The van der Waals surface area contributed by atoms with Gasteiger partial charge in [0, 0.05) is 5.56 Å². The Hall–Kier alpha value is -2.37. The molecule has 0 radical (unpaired) electrons. The predicted octanol–water partition coefficient (Wildman–Crippen LogP) is 2.34. The van der Waals surface area contributed by atoms with Crippen LogP contribution in [0.15, 0.2) is 24.3 Å². The first-order chi connectivity index (χ1) is 10.0.